The van der Waals surface area contributed by atoms with Gasteiger partial charge in [-0.3, -0.25) is 4.98 Å². The molecule has 0 spiro atoms. The topological polar surface area (TPSA) is 50.2 Å². The van der Waals surface area contributed by atoms with E-state index < -0.39 is 18.1 Å². The zero-order valence-electron chi connectivity index (χ0n) is 6.47. The number of alkyl halides is 2. The Morgan fingerprint density at radius 1 is 1.50 bits per heavy atom. The zero-order chi connectivity index (χ0) is 10.9. The maximum Gasteiger partial charge on any atom is 0.337 e. The molecule has 14 heavy (non-hydrogen) atoms. The van der Waals surface area contributed by atoms with E-state index in [1.807, 2.05) is 0 Å². The van der Waals surface area contributed by atoms with Crippen molar-refractivity contribution in [3.05, 3.63) is 24.6 Å². The lowest BCUT2D eigenvalue weighted by atomic mass is 10.2. The lowest BCUT2D eigenvalue weighted by Gasteiger charge is -2.06. The molecule has 0 saturated carbocycles. The van der Waals surface area contributed by atoms with Gasteiger partial charge in [-0.15, -0.1) is 0 Å². The lowest BCUT2D eigenvalue weighted by Crippen LogP contribution is -2.08. The summed E-state index contributed by atoms with van der Waals surface area (Å²) in [5.41, 5.74) is -0.597. The number of rotatable bonds is 2. The summed E-state index contributed by atoms with van der Waals surface area (Å²) in [5, 5.41) is 8.77. The van der Waals surface area contributed by atoms with Crippen LogP contribution < -0.4 is 0 Å². The second kappa shape index (κ2) is 4.64. The quantitative estimate of drug-likeness (QED) is 0.743. The van der Waals surface area contributed by atoms with Gasteiger partial charge in [-0.2, -0.15) is 0 Å². The van der Waals surface area contributed by atoms with Crippen LogP contribution in [-0.2, 0) is 0 Å². The van der Waals surface area contributed by atoms with Crippen molar-refractivity contribution in [2.75, 3.05) is 0 Å². The SMILES string of the molecule is O=C(O)c1c(I)cnc(C(F)F)c1I. The first-order valence-corrected chi connectivity index (χ1v) is 5.46. The number of aromatic carboxylic acids is 1. The molecular weight excluding hydrogens is 422 g/mol. The molecular formula is C7H3F2I2NO2. The van der Waals surface area contributed by atoms with Crippen LogP contribution in [0.2, 0.25) is 0 Å². The lowest BCUT2D eigenvalue weighted by molar-refractivity contribution is 0.0693. The van der Waals surface area contributed by atoms with Gasteiger partial charge in [-0.25, -0.2) is 13.6 Å². The van der Waals surface area contributed by atoms with Gasteiger partial charge in [0.15, 0.2) is 0 Å². The Bertz CT molecular complexity index is 384. The second-order valence-corrected chi connectivity index (χ2v) is 4.53. The van der Waals surface area contributed by atoms with Gasteiger partial charge in [0.2, 0.25) is 0 Å². The monoisotopic (exact) mass is 425 g/mol. The van der Waals surface area contributed by atoms with Crippen LogP contribution in [0, 0.1) is 7.14 Å². The molecule has 0 aliphatic rings. The number of aromatic nitrogens is 1. The average molecular weight is 425 g/mol. The van der Waals surface area contributed by atoms with Crippen LogP contribution in [0.1, 0.15) is 22.5 Å². The van der Waals surface area contributed by atoms with Crippen LogP contribution in [-0.4, -0.2) is 16.1 Å². The Morgan fingerprint density at radius 3 is 2.50 bits per heavy atom. The van der Waals surface area contributed by atoms with Gasteiger partial charge >= 0.3 is 5.97 Å². The van der Waals surface area contributed by atoms with E-state index in [1.165, 1.54) is 0 Å². The Kier molecular flexibility index (Phi) is 3.98. The molecule has 0 aromatic carbocycles. The third kappa shape index (κ3) is 2.30. The summed E-state index contributed by atoms with van der Waals surface area (Å²) in [5.74, 6) is -1.22. The summed E-state index contributed by atoms with van der Waals surface area (Å²) in [7, 11) is 0. The molecule has 0 unspecified atom stereocenters. The maximum atomic E-state index is 12.3. The molecule has 0 amide bonds. The smallest absolute Gasteiger partial charge is 0.337 e. The Hall–Kier alpha value is -0.0600. The number of pyridine rings is 1. The molecule has 0 aliphatic heterocycles. The van der Waals surface area contributed by atoms with Crippen molar-refractivity contribution in [2.45, 2.75) is 6.43 Å². The highest BCUT2D eigenvalue weighted by Gasteiger charge is 2.21. The summed E-state index contributed by atoms with van der Waals surface area (Å²) in [6, 6.07) is 0. The Labute approximate surface area is 105 Å². The molecule has 0 saturated heterocycles. The fourth-order valence-electron chi connectivity index (χ4n) is 0.829. The van der Waals surface area contributed by atoms with Gasteiger partial charge in [-0.05, 0) is 45.2 Å². The molecule has 1 aromatic rings. The van der Waals surface area contributed by atoms with Gasteiger partial charge in [0.05, 0.1) is 9.13 Å². The van der Waals surface area contributed by atoms with E-state index in [0.717, 1.165) is 6.20 Å². The summed E-state index contributed by atoms with van der Waals surface area (Å²) in [4.78, 5) is 14.2. The second-order valence-electron chi connectivity index (χ2n) is 2.29. The fourth-order valence-corrected chi connectivity index (χ4v) is 2.88. The molecule has 1 aromatic heterocycles. The predicted molar refractivity (Wildman–Crippen MR) is 61.6 cm³/mol. The van der Waals surface area contributed by atoms with Crippen LogP contribution in [0.25, 0.3) is 0 Å². The summed E-state index contributed by atoms with van der Waals surface area (Å²) >= 11 is 3.32. The molecule has 0 fully saturated rings. The van der Waals surface area contributed by atoms with Gasteiger partial charge in [0.25, 0.3) is 6.43 Å². The van der Waals surface area contributed by atoms with E-state index in [4.69, 9.17) is 5.11 Å². The van der Waals surface area contributed by atoms with Crippen LogP contribution >= 0.6 is 45.2 Å². The molecule has 7 heteroatoms. The summed E-state index contributed by atoms with van der Waals surface area (Å²) in [6.45, 7) is 0. The number of nitrogens with zero attached hydrogens (tertiary/aromatic N) is 1. The highest BCUT2D eigenvalue weighted by molar-refractivity contribution is 14.1. The van der Waals surface area contributed by atoms with E-state index in [-0.39, 0.29) is 9.13 Å². The van der Waals surface area contributed by atoms with E-state index in [1.54, 1.807) is 45.2 Å². The van der Waals surface area contributed by atoms with Gasteiger partial charge in [0, 0.05) is 9.77 Å². The molecule has 1 N–H and O–H groups in total. The van der Waals surface area contributed by atoms with E-state index in [0.29, 0.717) is 3.57 Å². The Balaban J connectivity index is 3.41. The molecule has 1 heterocycles. The highest BCUT2D eigenvalue weighted by Crippen LogP contribution is 2.27. The van der Waals surface area contributed by atoms with Crippen LogP contribution in [0.4, 0.5) is 8.78 Å². The van der Waals surface area contributed by atoms with Gasteiger partial charge < -0.3 is 5.11 Å². The fraction of sp³-hybridized carbons (Fsp3) is 0.143. The van der Waals surface area contributed by atoms with Crippen molar-refractivity contribution in [3.8, 4) is 0 Å². The molecule has 0 bridgehead atoms. The number of hydrogen-bond donors (Lipinski definition) is 1. The van der Waals surface area contributed by atoms with Crippen LogP contribution in [0.3, 0.4) is 0 Å². The molecule has 0 atom stereocenters. The summed E-state index contributed by atoms with van der Waals surface area (Å²) in [6.07, 6.45) is -1.62. The highest BCUT2D eigenvalue weighted by atomic mass is 127. The van der Waals surface area contributed by atoms with Crippen LogP contribution in [0.5, 0.6) is 0 Å². The molecule has 0 aliphatic carbocycles. The number of carbonyl (C=O) groups is 1. The maximum absolute atomic E-state index is 12.3. The normalized spacial score (nSPS) is 10.6. The van der Waals surface area contributed by atoms with Gasteiger partial charge in [0.1, 0.15) is 5.69 Å². The third-order valence-corrected chi connectivity index (χ3v) is 3.33. The first-order chi connectivity index (χ1) is 6.45. The van der Waals surface area contributed by atoms with Crippen molar-refractivity contribution in [3.63, 3.8) is 0 Å². The van der Waals surface area contributed by atoms with Crippen LogP contribution in [0.15, 0.2) is 6.20 Å². The van der Waals surface area contributed by atoms with Crippen molar-refractivity contribution < 1.29 is 18.7 Å². The number of halogens is 4. The predicted octanol–water partition coefficient (Wildman–Crippen LogP) is 2.93. The van der Waals surface area contributed by atoms with Crippen molar-refractivity contribution in [2.24, 2.45) is 0 Å². The average Bonchev–Trinajstić information content (AvgIpc) is 2.02. The standard InChI is InChI=1S/C7H3F2I2NO2/c8-6(9)5-4(11)3(7(13)14)2(10)1-12-5/h1,6H,(H,13,14). The minimum atomic E-state index is -2.75. The van der Waals surface area contributed by atoms with Crippen molar-refractivity contribution in [1.82, 2.24) is 4.98 Å². The molecule has 3 nitrogen and oxygen atoms in total. The first kappa shape index (κ1) is 12.0. The third-order valence-electron chi connectivity index (χ3n) is 1.42. The number of carboxylic acids is 1. The van der Waals surface area contributed by atoms with E-state index in [9.17, 15) is 13.6 Å². The first-order valence-electron chi connectivity index (χ1n) is 3.30. The Morgan fingerprint density at radius 2 is 2.07 bits per heavy atom. The largest absolute Gasteiger partial charge is 0.478 e. The van der Waals surface area contributed by atoms with Crippen molar-refractivity contribution >= 4 is 51.2 Å². The molecule has 76 valence electrons. The molecule has 1 rings (SSSR count). The number of carboxylic acid groups (broad SMARTS) is 1. The minimum Gasteiger partial charge on any atom is -0.478 e. The molecule has 0 radical (unpaired) electrons. The van der Waals surface area contributed by atoms with E-state index >= 15 is 0 Å². The minimum absolute atomic E-state index is 0.00278. The van der Waals surface area contributed by atoms with E-state index in [2.05, 4.69) is 4.98 Å². The van der Waals surface area contributed by atoms with Crippen molar-refractivity contribution in [1.29, 1.82) is 0 Å². The summed E-state index contributed by atoms with van der Waals surface area (Å²) < 4.78 is 25.0. The zero-order valence-corrected chi connectivity index (χ0v) is 10.8. The number of hydrogen-bond acceptors (Lipinski definition) is 2. The van der Waals surface area contributed by atoms with Gasteiger partial charge in [-0.1, -0.05) is 0 Å².